The minimum Gasteiger partial charge on any atom is -0.477 e. The van der Waals surface area contributed by atoms with Crippen molar-refractivity contribution in [3.63, 3.8) is 0 Å². The van der Waals surface area contributed by atoms with Gasteiger partial charge in [0.05, 0.1) is 17.5 Å². The van der Waals surface area contributed by atoms with Gasteiger partial charge in [0.25, 0.3) is 0 Å². The van der Waals surface area contributed by atoms with E-state index in [0.29, 0.717) is 6.54 Å². The minimum atomic E-state index is -1.45. The molecule has 29 heavy (non-hydrogen) atoms. The fraction of sp³-hybridized carbons (Fsp3) is 0.500. The van der Waals surface area contributed by atoms with Crippen molar-refractivity contribution in [3.05, 3.63) is 39.7 Å². The molecule has 0 saturated heterocycles. The number of aromatic carboxylic acids is 1. The molecule has 0 saturated carbocycles. The Balaban J connectivity index is 2.68. The Morgan fingerprint density at radius 1 is 1.14 bits per heavy atom. The lowest BCUT2D eigenvalue weighted by molar-refractivity contribution is 0.0694. The smallest absolute Gasteiger partial charge is 0.341 e. The average molecular weight is 411 g/mol. The first-order valence-electron chi connectivity index (χ1n) is 9.67. The number of carboxylic acids is 1. The Morgan fingerprint density at radius 3 is 2.31 bits per heavy atom. The van der Waals surface area contributed by atoms with E-state index in [2.05, 4.69) is 4.90 Å². The van der Waals surface area contributed by atoms with Gasteiger partial charge >= 0.3 is 5.97 Å². The molecule has 1 aromatic carbocycles. The van der Waals surface area contributed by atoms with E-state index in [0.717, 1.165) is 25.4 Å². The molecule has 9 heteroatoms. The van der Waals surface area contributed by atoms with E-state index in [1.807, 2.05) is 13.8 Å². The van der Waals surface area contributed by atoms with Gasteiger partial charge in [-0.05, 0) is 26.1 Å². The first-order valence-corrected chi connectivity index (χ1v) is 9.67. The van der Waals surface area contributed by atoms with Crippen LogP contribution >= 0.6 is 0 Å². The Morgan fingerprint density at radius 2 is 1.79 bits per heavy atom. The second-order valence-electron chi connectivity index (χ2n) is 6.62. The molecule has 2 rings (SSSR count). The second kappa shape index (κ2) is 9.80. The van der Waals surface area contributed by atoms with Gasteiger partial charge in [0, 0.05) is 32.4 Å². The zero-order valence-electron chi connectivity index (χ0n) is 16.9. The zero-order valence-corrected chi connectivity index (χ0v) is 16.9. The van der Waals surface area contributed by atoms with E-state index in [-0.39, 0.29) is 42.8 Å². The fourth-order valence-corrected chi connectivity index (χ4v) is 3.43. The van der Waals surface area contributed by atoms with Crippen LogP contribution in [0.25, 0.3) is 10.9 Å². The molecule has 2 N–H and O–H groups in total. The van der Waals surface area contributed by atoms with Crippen molar-refractivity contribution in [1.29, 1.82) is 0 Å². The van der Waals surface area contributed by atoms with Crippen molar-refractivity contribution in [2.75, 3.05) is 44.2 Å². The number of nitrogens with zero attached hydrogens (tertiary/aromatic N) is 3. The van der Waals surface area contributed by atoms with E-state index >= 15 is 4.39 Å². The predicted octanol–water partition coefficient (Wildman–Crippen LogP) is 2.14. The maximum absolute atomic E-state index is 15.5. The van der Waals surface area contributed by atoms with Gasteiger partial charge < -0.3 is 24.6 Å². The second-order valence-corrected chi connectivity index (χ2v) is 6.62. The molecule has 1 heterocycles. The van der Waals surface area contributed by atoms with Crippen molar-refractivity contribution in [3.8, 4) is 0 Å². The predicted molar refractivity (Wildman–Crippen MR) is 108 cm³/mol. The summed E-state index contributed by atoms with van der Waals surface area (Å²) in [6.45, 7) is 7.93. The molecule has 0 spiro atoms. The molecule has 0 aliphatic carbocycles. The number of aliphatic hydroxyl groups excluding tert-OH is 1. The number of benzene rings is 1. The Labute approximate surface area is 167 Å². The zero-order chi connectivity index (χ0) is 21.7. The highest BCUT2D eigenvalue weighted by Gasteiger charge is 2.25. The highest BCUT2D eigenvalue weighted by molar-refractivity contribution is 5.93. The summed E-state index contributed by atoms with van der Waals surface area (Å²) in [5.41, 5.74) is -1.95. The van der Waals surface area contributed by atoms with E-state index < -0.39 is 28.6 Å². The van der Waals surface area contributed by atoms with Crippen molar-refractivity contribution in [1.82, 2.24) is 9.47 Å². The summed E-state index contributed by atoms with van der Waals surface area (Å²) < 4.78 is 31.7. The molecule has 0 unspecified atom stereocenters. The van der Waals surface area contributed by atoms with Gasteiger partial charge in [-0.1, -0.05) is 13.8 Å². The van der Waals surface area contributed by atoms with Crippen molar-refractivity contribution in [2.45, 2.75) is 27.3 Å². The number of aryl methyl sites for hydroxylation is 1. The van der Waals surface area contributed by atoms with Gasteiger partial charge in [-0.25, -0.2) is 13.6 Å². The maximum Gasteiger partial charge on any atom is 0.341 e. The van der Waals surface area contributed by atoms with Crippen LogP contribution in [0.2, 0.25) is 0 Å². The average Bonchev–Trinajstić information content (AvgIpc) is 2.69. The van der Waals surface area contributed by atoms with E-state index in [9.17, 15) is 24.2 Å². The number of aromatic nitrogens is 1. The van der Waals surface area contributed by atoms with Crippen LogP contribution in [-0.2, 0) is 6.54 Å². The highest BCUT2D eigenvalue weighted by Crippen LogP contribution is 2.30. The molecular formula is C20H27F2N3O4. The lowest BCUT2D eigenvalue weighted by Crippen LogP contribution is -2.37. The number of carboxylic acid groups (broad SMARTS) is 1. The third-order valence-corrected chi connectivity index (χ3v) is 5.07. The van der Waals surface area contributed by atoms with Gasteiger partial charge in [0.1, 0.15) is 17.1 Å². The summed E-state index contributed by atoms with van der Waals surface area (Å²) in [4.78, 5) is 27.3. The van der Waals surface area contributed by atoms with E-state index in [1.165, 1.54) is 9.47 Å². The molecule has 0 atom stereocenters. The molecule has 0 radical (unpaired) electrons. The van der Waals surface area contributed by atoms with Crippen LogP contribution in [0.3, 0.4) is 0 Å². The lowest BCUT2D eigenvalue weighted by atomic mass is 10.1. The number of aliphatic hydroxyl groups is 1. The minimum absolute atomic E-state index is 0.0180. The number of carbonyl (C=O) groups is 1. The van der Waals surface area contributed by atoms with Gasteiger partial charge in [-0.3, -0.25) is 4.79 Å². The molecule has 0 amide bonds. The van der Waals surface area contributed by atoms with Crippen molar-refractivity contribution >= 4 is 22.6 Å². The van der Waals surface area contributed by atoms with Crippen LogP contribution in [0.15, 0.2) is 17.1 Å². The largest absolute Gasteiger partial charge is 0.477 e. The third kappa shape index (κ3) is 4.56. The highest BCUT2D eigenvalue weighted by atomic mass is 19.1. The number of rotatable bonds is 10. The molecule has 2 aromatic rings. The number of fused-ring (bicyclic) bond motifs is 1. The maximum atomic E-state index is 15.5. The normalized spacial score (nSPS) is 11.4. The number of halogens is 2. The summed E-state index contributed by atoms with van der Waals surface area (Å²) in [6, 6.07) is 0.885. The number of anilines is 1. The number of hydrogen-bond acceptors (Lipinski definition) is 5. The number of pyridine rings is 1. The molecule has 0 bridgehead atoms. The number of hydrogen-bond donors (Lipinski definition) is 2. The van der Waals surface area contributed by atoms with Gasteiger partial charge in [-0.15, -0.1) is 0 Å². The molecule has 0 fully saturated rings. The molecule has 160 valence electrons. The Kier molecular flexibility index (Phi) is 7.69. The standard InChI is InChI=1S/C20H27F2N3O4/c1-4-23(5-2)7-8-25(9-10-26)18-15(21)11-13-17(16(18)22)24(6-3)12-14(19(13)27)20(28)29/h11-12,26H,4-10H2,1-3H3,(H,28,29). The van der Waals surface area contributed by atoms with Crippen LogP contribution in [-0.4, -0.2) is 65.0 Å². The Bertz CT molecular complexity index is 942. The summed E-state index contributed by atoms with van der Waals surface area (Å²) in [5, 5.41) is 18.3. The van der Waals surface area contributed by atoms with Crippen LogP contribution in [0.5, 0.6) is 0 Å². The number of likely N-dealkylation sites (N-methyl/N-ethyl adjacent to an activating group) is 1. The quantitative estimate of drug-likeness (QED) is 0.623. The summed E-state index contributed by atoms with van der Waals surface area (Å²) in [5.74, 6) is -3.36. The van der Waals surface area contributed by atoms with Crippen molar-refractivity contribution in [2.24, 2.45) is 0 Å². The van der Waals surface area contributed by atoms with Crippen LogP contribution in [0.4, 0.5) is 14.5 Å². The third-order valence-electron chi connectivity index (χ3n) is 5.07. The first kappa shape index (κ1) is 22.8. The molecule has 1 aromatic heterocycles. The summed E-state index contributed by atoms with van der Waals surface area (Å²) >= 11 is 0. The van der Waals surface area contributed by atoms with E-state index in [4.69, 9.17) is 0 Å². The van der Waals surface area contributed by atoms with Crippen LogP contribution in [0, 0.1) is 11.6 Å². The monoisotopic (exact) mass is 411 g/mol. The fourth-order valence-electron chi connectivity index (χ4n) is 3.43. The topological polar surface area (TPSA) is 86.0 Å². The Hall–Kier alpha value is -2.52. The van der Waals surface area contributed by atoms with Crippen molar-refractivity contribution < 1.29 is 23.8 Å². The molecule has 0 aliphatic rings. The molecule has 0 aliphatic heterocycles. The van der Waals surface area contributed by atoms with Crippen LogP contribution in [0.1, 0.15) is 31.1 Å². The first-order chi connectivity index (χ1) is 13.8. The van der Waals surface area contributed by atoms with E-state index in [1.54, 1.807) is 6.92 Å². The summed E-state index contributed by atoms with van der Waals surface area (Å²) in [6.07, 6.45) is 1.07. The molecule has 7 nitrogen and oxygen atoms in total. The lowest BCUT2D eigenvalue weighted by Gasteiger charge is -2.29. The van der Waals surface area contributed by atoms with Crippen LogP contribution < -0.4 is 10.3 Å². The SMILES string of the molecule is CCN(CC)CCN(CCO)c1c(F)cc2c(=O)c(C(=O)O)cn(CC)c2c1F. The van der Waals surface area contributed by atoms with Gasteiger partial charge in [-0.2, -0.15) is 0 Å². The van der Waals surface area contributed by atoms with Gasteiger partial charge in [0.15, 0.2) is 5.82 Å². The summed E-state index contributed by atoms with van der Waals surface area (Å²) in [7, 11) is 0. The van der Waals surface area contributed by atoms with Gasteiger partial charge in [0.2, 0.25) is 5.43 Å². The molecular weight excluding hydrogens is 384 g/mol.